The molecule has 5 heteroatoms. The summed E-state index contributed by atoms with van der Waals surface area (Å²) in [6, 6.07) is 4.16. The molecule has 2 heterocycles. The van der Waals surface area contributed by atoms with Crippen LogP contribution in [0.1, 0.15) is 40.7 Å². The summed E-state index contributed by atoms with van der Waals surface area (Å²) in [4.78, 5) is 5.79. The van der Waals surface area contributed by atoms with Crippen molar-refractivity contribution in [1.82, 2.24) is 10.3 Å². The molecular formula is C15H22N2O2S. The Kier molecular flexibility index (Phi) is 5.76. The Hall–Kier alpha value is -1.17. The monoisotopic (exact) mass is 294 g/mol. The topological polar surface area (TPSA) is 47.3 Å². The van der Waals surface area contributed by atoms with Gasteiger partial charge in [0.15, 0.2) is 0 Å². The maximum absolute atomic E-state index is 5.55. The van der Waals surface area contributed by atoms with E-state index >= 15 is 0 Å². The summed E-state index contributed by atoms with van der Waals surface area (Å²) < 4.78 is 10.8. The fourth-order valence-electron chi connectivity index (χ4n) is 2.10. The van der Waals surface area contributed by atoms with Crippen LogP contribution in [-0.2, 0) is 11.3 Å². The number of nitrogens with zero attached hydrogens (tertiary/aromatic N) is 1. The van der Waals surface area contributed by atoms with Crippen LogP contribution >= 0.6 is 11.3 Å². The highest BCUT2D eigenvalue weighted by molar-refractivity contribution is 7.11. The second-order valence-corrected chi connectivity index (χ2v) is 6.08. The third-order valence-electron chi connectivity index (χ3n) is 3.07. The fourth-order valence-corrected chi connectivity index (χ4v) is 3.06. The maximum Gasteiger partial charge on any atom is 0.129 e. The van der Waals surface area contributed by atoms with Crippen LogP contribution < -0.4 is 5.32 Å². The van der Waals surface area contributed by atoms with Crippen molar-refractivity contribution in [2.75, 3.05) is 13.2 Å². The normalized spacial score (nSPS) is 12.8. The van der Waals surface area contributed by atoms with E-state index in [2.05, 4.69) is 31.1 Å². The molecule has 110 valence electrons. The molecule has 0 aliphatic rings. The first-order chi connectivity index (χ1) is 9.66. The molecule has 0 saturated heterocycles. The number of aryl methyl sites for hydroxylation is 2. The summed E-state index contributed by atoms with van der Waals surface area (Å²) in [5.41, 5.74) is 1.14. The SMILES string of the molecule is Cc1nc(C)c(C(C)NCCCOCc2ccco2)s1. The van der Waals surface area contributed by atoms with E-state index in [1.54, 1.807) is 17.6 Å². The molecule has 0 aliphatic heterocycles. The van der Waals surface area contributed by atoms with Gasteiger partial charge in [-0.2, -0.15) is 0 Å². The van der Waals surface area contributed by atoms with E-state index in [4.69, 9.17) is 9.15 Å². The summed E-state index contributed by atoms with van der Waals surface area (Å²) >= 11 is 1.77. The molecule has 0 fully saturated rings. The zero-order valence-electron chi connectivity index (χ0n) is 12.3. The van der Waals surface area contributed by atoms with E-state index in [-0.39, 0.29) is 0 Å². The quantitative estimate of drug-likeness (QED) is 0.756. The molecule has 0 radical (unpaired) electrons. The van der Waals surface area contributed by atoms with Gasteiger partial charge in [0.25, 0.3) is 0 Å². The molecular weight excluding hydrogens is 272 g/mol. The zero-order chi connectivity index (χ0) is 14.4. The largest absolute Gasteiger partial charge is 0.467 e. The molecule has 2 aromatic heterocycles. The van der Waals surface area contributed by atoms with Gasteiger partial charge in [0.05, 0.1) is 17.0 Å². The minimum absolute atomic E-state index is 0.353. The Labute approximate surface area is 124 Å². The Morgan fingerprint density at radius 3 is 2.95 bits per heavy atom. The maximum atomic E-state index is 5.55. The zero-order valence-corrected chi connectivity index (χ0v) is 13.1. The van der Waals surface area contributed by atoms with Crippen LogP contribution in [-0.4, -0.2) is 18.1 Å². The first-order valence-corrected chi connectivity index (χ1v) is 7.76. The first-order valence-electron chi connectivity index (χ1n) is 6.94. The molecule has 0 aliphatic carbocycles. The van der Waals surface area contributed by atoms with E-state index < -0.39 is 0 Å². The minimum atomic E-state index is 0.353. The highest BCUT2D eigenvalue weighted by atomic mass is 32.1. The Morgan fingerprint density at radius 1 is 1.45 bits per heavy atom. The second-order valence-electron chi connectivity index (χ2n) is 4.84. The summed E-state index contributed by atoms with van der Waals surface area (Å²) in [5, 5.41) is 4.65. The number of ether oxygens (including phenoxy) is 1. The summed E-state index contributed by atoms with van der Waals surface area (Å²) in [6.45, 7) is 8.54. The highest BCUT2D eigenvalue weighted by Gasteiger charge is 2.11. The van der Waals surface area contributed by atoms with Gasteiger partial charge in [-0.3, -0.25) is 0 Å². The van der Waals surface area contributed by atoms with Crippen molar-refractivity contribution in [3.8, 4) is 0 Å². The molecule has 1 atom stereocenters. The van der Waals surface area contributed by atoms with Gasteiger partial charge in [-0.25, -0.2) is 4.98 Å². The average Bonchev–Trinajstić information content (AvgIpc) is 3.03. The molecule has 0 aromatic carbocycles. The van der Waals surface area contributed by atoms with Crippen molar-refractivity contribution in [2.45, 2.75) is 39.8 Å². The van der Waals surface area contributed by atoms with Crippen LogP contribution in [0.4, 0.5) is 0 Å². The molecule has 20 heavy (non-hydrogen) atoms. The van der Waals surface area contributed by atoms with Crippen molar-refractivity contribution in [3.05, 3.63) is 39.7 Å². The molecule has 2 aromatic rings. The Balaban J connectivity index is 1.60. The molecule has 0 saturated carbocycles. The van der Waals surface area contributed by atoms with Gasteiger partial charge in [-0.05, 0) is 45.9 Å². The van der Waals surface area contributed by atoms with Gasteiger partial charge in [-0.1, -0.05) is 0 Å². The molecule has 4 nitrogen and oxygen atoms in total. The Bertz CT molecular complexity index is 508. The molecule has 1 N–H and O–H groups in total. The van der Waals surface area contributed by atoms with E-state index in [0.717, 1.165) is 36.0 Å². The number of furan rings is 1. The molecule has 0 amide bonds. The van der Waals surface area contributed by atoms with Crippen LogP contribution in [0.25, 0.3) is 0 Å². The lowest BCUT2D eigenvalue weighted by atomic mass is 10.2. The standard InChI is InChI=1S/C15H22N2O2S/c1-11(15-12(2)17-13(3)20-15)16-7-5-8-18-10-14-6-4-9-19-14/h4,6,9,11,16H,5,7-8,10H2,1-3H3. The van der Waals surface area contributed by atoms with Gasteiger partial charge >= 0.3 is 0 Å². The summed E-state index contributed by atoms with van der Waals surface area (Å²) in [7, 11) is 0. The van der Waals surface area contributed by atoms with Crippen molar-refractivity contribution in [2.24, 2.45) is 0 Å². The third-order valence-corrected chi connectivity index (χ3v) is 4.33. The van der Waals surface area contributed by atoms with Crippen molar-refractivity contribution in [3.63, 3.8) is 0 Å². The number of nitrogens with one attached hydrogen (secondary N) is 1. The number of hydrogen-bond acceptors (Lipinski definition) is 5. The van der Waals surface area contributed by atoms with Crippen molar-refractivity contribution >= 4 is 11.3 Å². The number of rotatable bonds is 8. The molecule has 0 bridgehead atoms. The van der Waals surface area contributed by atoms with Crippen molar-refractivity contribution < 1.29 is 9.15 Å². The highest BCUT2D eigenvalue weighted by Crippen LogP contribution is 2.24. The van der Waals surface area contributed by atoms with Gasteiger partial charge < -0.3 is 14.5 Å². The van der Waals surface area contributed by atoms with E-state index in [1.807, 2.05) is 12.1 Å². The number of aromatic nitrogens is 1. The van der Waals surface area contributed by atoms with Gasteiger partial charge in [-0.15, -0.1) is 11.3 Å². The molecule has 2 rings (SSSR count). The van der Waals surface area contributed by atoms with E-state index in [1.165, 1.54) is 4.88 Å². The molecule has 1 unspecified atom stereocenters. The fraction of sp³-hybridized carbons (Fsp3) is 0.533. The van der Waals surface area contributed by atoms with Crippen molar-refractivity contribution in [1.29, 1.82) is 0 Å². The van der Waals surface area contributed by atoms with Gasteiger partial charge in [0, 0.05) is 17.5 Å². The van der Waals surface area contributed by atoms with E-state index in [0.29, 0.717) is 12.6 Å². The van der Waals surface area contributed by atoms with Crippen LogP contribution in [0.2, 0.25) is 0 Å². The summed E-state index contributed by atoms with van der Waals surface area (Å²) in [5.74, 6) is 0.877. The van der Waals surface area contributed by atoms with Crippen LogP contribution in [0.15, 0.2) is 22.8 Å². The lowest BCUT2D eigenvalue weighted by Gasteiger charge is -2.12. The summed E-state index contributed by atoms with van der Waals surface area (Å²) in [6.07, 6.45) is 2.66. The molecule has 0 spiro atoms. The van der Waals surface area contributed by atoms with Crippen LogP contribution in [0, 0.1) is 13.8 Å². The average molecular weight is 294 g/mol. The van der Waals surface area contributed by atoms with E-state index in [9.17, 15) is 0 Å². The smallest absolute Gasteiger partial charge is 0.129 e. The van der Waals surface area contributed by atoms with Gasteiger partial charge in [0.1, 0.15) is 12.4 Å². The number of hydrogen-bond donors (Lipinski definition) is 1. The predicted octanol–water partition coefficient (Wildman–Crippen LogP) is 3.61. The minimum Gasteiger partial charge on any atom is -0.467 e. The second kappa shape index (κ2) is 7.57. The number of thiazole rings is 1. The first kappa shape index (κ1) is 15.2. The third kappa shape index (κ3) is 4.44. The van der Waals surface area contributed by atoms with Crippen LogP contribution in [0.3, 0.4) is 0 Å². The Morgan fingerprint density at radius 2 is 2.30 bits per heavy atom. The lowest BCUT2D eigenvalue weighted by molar-refractivity contribution is 0.104. The lowest BCUT2D eigenvalue weighted by Crippen LogP contribution is -2.20. The van der Waals surface area contributed by atoms with Gasteiger partial charge in [0.2, 0.25) is 0 Å². The van der Waals surface area contributed by atoms with Crippen LogP contribution in [0.5, 0.6) is 0 Å². The predicted molar refractivity (Wildman–Crippen MR) is 81.0 cm³/mol.